The van der Waals surface area contributed by atoms with E-state index in [0.717, 1.165) is 12.3 Å². The molecule has 0 fully saturated rings. The highest BCUT2D eigenvalue weighted by Gasteiger charge is 2.33. The minimum absolute atomic E-state index is 0.0248. The molecule has 108 valence electrons. The molecule has 4 nitrogen and oxygen atoms in total. The van der Waals surface area contributed by atoms with E-state index in [2.05, 4.69) is 15.3 Å². The Balaban J connectivity index is 2.91. The van der Waals surface area contributed by atoms with Crippen molar-refractivity contribution in [3.63, 3.8) is 0 Å². The molecule has 0 spiro atoms. The van der Waals surface area contributed by atoms with Gasteiger partial charge in [-0.1, -0.05) is 20.8 Å². The van der Waals surface area contributed by atoms with Crippen molar-refractivity contribution >= 4 is 5.95 Å². The van der Waals surface area contributed by atoms with E-state index in [1.165, 1.54) is 0 Å². The number of nitrogens with one attached hydrogen (secondary N) is 1. The maximum atomic E-state index is 12.5. The zero-order valence-electron chi connectivity index (χ0n) is 11.3. The van der Waals surface area contributed by atoms with Crippen LogP contribution in [0, 0.1) is 5.41 Å². The average Bonchev–Trinajstić information content (AvgIpc) is 2.26. The molecule has 1 atom stereocenters. The first kappa shape index (κ1) is 15.7. The first-order valence-corrected chi connectivity index (χ1v) is 6.01. The van der Waals surface area contributed by atoms with Gasteiger partial charge in [-0.3, -0.25) is 0 Å². The molecular formula is C12H19F3N4. The molecule has 1 unspecified atom stereocenters. The Hall–Kier alpha value is -1.37. The number of hydrogen-bond donors (Lipinski definition) is 2. The summed E-state index contributed by atoms with van der Waals surface area (Å²) in [6.45, 7) is 6.38. The first-order valence-electron chi connectivity index (χ1n) is 6.01. The Morgan fingerprint density at radius 2 is 1.95 bits per heavy atom. The third-order valence-corrected chi connectivity index (χ3v) is 2.75. The van der Waals surface area contributed by atoms with E-state index < -0.39 is 11.9 Å². The highest BCUT2D eigenvalue weighted by molar-refractivity contribution is 5.28. The van der Waals surface area contributed by atoms with Crippen molar-refractivity contribution in [1.29, 1.82) is 0 Å². The van der Waals surface area contributed by atoms with E-state index in [1.54, 1.807) is 0 Å². The molecule has 19 heavy (non-hydrogen) atoms. The van der Waals surface area contributed by atoms with E-state index >= 15 is 0 Å². The lowest BCUT2D eigenvalue weighted by molar-refractivity contribution is -0.141. The second-order valence-electron chi connectivity index (χ2n) is 5.40. The van der Waals surface area contributed by atoms with Crippen molar-refractivity contribution in [2.75, 3.05) is 11.9 Å². The topological polar surface area (TPSA) is 63.8 Å². The van der Waals surface area contributed by atoms with Gasteiger partial charge >= 0.3 is 6.18 Å². The number of nitrogens with two attached hydrogens (primary N) is 1. The SMILES string of the molecule is CC(C)(C)C(CCN)Nc1nccc(C(F)(F)F)n1. The molecule has 1 rings (SSSR count). The highest BCUT2D eigenvalue weighted by Crippen LogP contribution is 2.29. The number of halogens is 3. The van der Waals surface area contributed by atoms with Gasteiger partial charge in [0.05, 0.1) is 0 Å². The van der Waals surface area contributed by atoms with Crippen molar-refractivity contribution in [2.45, 2.75) is 39.4 Å². The van der Waals surface area contributed by atoms with Crippen molar-refractivity contribution in [3.05, 3.63) is 18.0 Å². The van der Waals surface area contributed by atoms with Crippen LogP contribution in [-0.2, 0) is 6.18 Å². The monoisotopic (exact) mass is 276 g/mol. The summed E-state index contributed by atoms with van der Waals surface area (Å²) < 4.78 is 37.6. The van der Waals surface area contributed by atoms with Crippen molar-refractivity contribution < 1.29 is 13.2 Å². The minimum Gasteiger partial charge on any atom is -0.351 e. The van der Waals surface area contributed by atoms with Gasteiger partial charge in [-0.25, -0.2) is 9.97 Å². The Morgan fingerprint density at radius 1 is 1.32 bits per heavy atom. The van der Waals surface area contributed by atoms with Crippen LogP contribution in [0.15, 0.2) is 12.3 Å². The summed E-state index contributed by atoms with van der Waals surface area (Å²) in [5.74, 6) is -0.0248. The van der Waals surface area contributed by atoms with Crippen LogP contribution in [0.1, 0.15) is 32.9 Å². The largest absolute Gasteiger partial charge is 0.433 e. The second kappa shape index (κ2) is 5.73. The molecule has 0 aliphatic rings. The Morgan fingerprint density at radius 3 is 2.42 bits per heavy atom. The lowest BCUT2D eigenvalue weighted by atomic mass is 9.85. The molecule has 1 heterocycles. The average molecular weight is 276 g/mol. The van der Waals surface area contributed by atoms with Crippen LogP contribution >= 0.6 is 0 Å². The summed E-state index contributed by atoms with van der Waals surface area (Å²) in [5, 5.41) is 2.93. The number of anilines is 1. The number of hydrogen-bond acceptors (Lipinski definition) is 4. The molecule has 0 aromatic carbocycles. The van der Waals surface area contributed by atoms with Crippen LogP contribution in [0.2, 0.25) is 0 Å². The normalized spacial score (nSPS) is 14.3. The predicted octanol–water partition coefficient (Wildman–Crippen LogP) is 2.67. The van der Waals surface area contributed by atoms with E-state index in [1.807, 2.05) is 20.8 Å². The summed E-state index contributed by atoms with van der Waals surface area (Å²) in [6, 6.07) is 0.751. The third-order valence-electron chi connectivity index (χ3n) is 2.75. The zero-order valence-corrected chi connectivity index (χ0v) is 11.3. The smallest absolute Gasteiger partial charge is 0.351 e. The fourth-order valence-electron chi connectivity index (χ4n) is 1.63. The first-order chi connectivity index (χ1) is 8.64. The molecule has 0 amide bonds. The van der Waals surface area contributed by atoms with Gasteiger partial charge in [0.25, 0.3) is 0 Å². The number of alkyl halides is 3. The number of nitrogens with zero attached hydrogens (tertiary/aromatic N) is 2. The Kier molecular flexibility index (Phi) is 4.73. The zero-order chi connectivity index (χ0) is 14.7. The molecule has 0 aliphatic heterocycles. The molecule has 0 radical (unpaired) electrons. The lowest BCUT2D eigenvalue weighted by Crippen LogP contribution is -2.36. The fourth-order valence-corrected chi connectivity index (χ4v) is 1.63. The van der Waals surface area contributed by atoms with Gasteiger partial charge in [0.2, 0.25) is 5.95 Å². The maximum Gasteiger partial charge on any atom is 0.433 e. The van der Waals surface area contributed by atoms with E-state index in [0.29, 0.717) is 13.0 Å². The van der Waals surface area contributed by atoms with E-state index in [-0.39, 0.29) is 17.4 Å². The van der Waals surface area contributed by atoms with Gasteiger partial charge in [0.1, 0.15) is 5.69 Å². The lowest BCUT2D eigenvalue weighted by Gasteiger charge is -2.31. The molecular weight excluding hydrogens is 257 g/mol. The summed E-state index contributed by atoms with van der Waals surface area (Å²) in [7, 11) is 0. The van der Waals surface area contributed by atoms with Crippen LogP contribution in [0.3, 0.4) is 0 Å². The predicted molar refractivity (Wildman–Crippen MR) is 67.6 cm³/mol. The molecule has 0 aliphatic carbocycles. The maximum absolute atomic E-state index is 12.5. The summed E-state index contributed by atoms with van der Waals surface area (Å²) in [5.41, 5.74) is 4.41. The van der Waals surface area contributed by atoms with Crippen LogP contribution < -0.4 is 11.1 Å². The standard InChI is InChI=1S/C12H19F3N4/c1-11(2,3)8(4-6-16)18-10-17-7-5-9(19-10)12(13,14)15/h5,7-8H,4,6,16H2,1-3H3,(H,17,18,19). The number of aromatic nitrogens is 2. The quantitative estimate of drug-likeness (QED) is 0.887. The Labute approximate surface area is 110 Å². The second-order valence-corrected chi connectivity index (χ2v) is 5.40. The molecule has 7 heteroatoms. The van der Waals surface area contributed by atoms with Gasteiger partial charge in [-0.05, 0) is 24.4 Å². The van der Waals surface area contributed by atoms with Crippen LogP contribution in [0.5, 0.6) is 0 Å². The van der Waals surface area contributed by atoms with Crippen LogP contribution in [-0.4, -0.2) is 22.6 Å². The summed E-state index contributed by atoms with van der Waals surface area (Å²) in [4.78, 5) is 7.32. The van der Waals surface area contributed by atoms with Crippen LogP contribution in [0.25, 0.3) is 0 Å². The highest BCUT2D eigenvalue weighted by atomic mass is 19.4. The molecule has 1 aromatic heterocycles. The van der Waals surface area contributed by atoms with Crippen molar-refractivity contribution in [3.8, 4) is 0 Å². The molecule has 3 N–H and O–H groups in total. The number of rotatable bonds is 4. The summed E-state index contributed by atoms with van der Waals surface area (Å²) >= 11 is 0. The molecule has 0 saturated heterocycles. The van der Waals surface area contributed by atoms with Crippen LogP contribution in [0.4, 0.5) is 19.1 Å². The van der Waals surface area contributed by atoms with Gasteiger partial charge in [0, 0.05) is 12.2 Å². The van der Waals surface area contributed by atoms with Gasteiger partial charge in [0.15, 0.2) is 0 Å². The third kappa shape index (κ3) is 4.66. The van der Waals surface area contributed by atoms with E-state index in [4.69, 9.17) is 5.73 Å². The summed E-state index contributed by atoms with van der Waals surface area (Å²) in [6.07, 6.45) is -2.74. The Bertz CT molecular complexity index is 412. The van der Waals surface area contributed by atoms with E-state index in [9.17, 15) is 13.2 Å². The van der Waals surface area contributed by atoms with Crippen molar-refractivity contribution in [2.24, 2.45) is 11.1 Å². The van der Waals surface area contributed by atoms with Gasteiger partial charge in [-0.2, -0.15) is 13.2 Å². The molecule has 0 bridgehead atoms. The van der Waals surface area contributed by atoms with Gasteiger partial charge in [-0.15, -0.1) is 0 Å². The minimum atomic E-state index is -4.47. The van der Waals surface area contributed by atoms with Crippen molar-refractivity contribution in [1.82, 2.24) is 9.97 Å². The molecule has 1 aromatic rings. The molecule has 0 saturated carbocycles. The fraction of sp³-hybridized carbons (Fsp3) is 0.667. The van der Waals surface area contributed by atoms with Gasteiger partial charge < -0.3 is 11.1 Å².